The Bertz CT molecular complexity index is 138. The zero-order chi connectivity index (χ0) is 7.56. The number of carboxylic acid groups (broad SMARTS) is 1. The number of carboxylic acids is 1. The van der Waals surface area contributed by atoms with Crippen molar-refractivity contribution in [2.24, 2.45) is 5.92 Å². The molecule has 1 aliphatic rings. The fourth-order valence-corrected chi connectivity index (χ4v) is 1.47. The van der Waals surface area contributed by atoms with Crippen LogP contribution in [0.3, 0.4) is 0 Å². The maximum absolute atomic E-state index is 10.1. The minimum Gasteiger partial charge on any atom is -0.550 e. The van der Waals surface area contributed by atoms with Gasteiger partial charge in [0.1, 0.15) is 0 Å². The standard InChI is InChI=1S/C7H12O3.K/c8-6-2-1-5(3-6)4-7(9)10;/h5-6,8H,1-4H2,(H,9,10);/q;+1/p-1/t5-,6-;/m0./s1. The van der Waals surface area contributed by atoms with Crippen LogP contribution in [0.4, 0.5) is 0 Å². The zero-order valence-electron chi connectivity index (χ0n) is 6.75. The SMILES string of the molecule is O=C([O-])C[C@H]1CC[C@H](O)C1.[K+]. The Morgan fingerprint density at radius 2 is 2.18 bits per heavy atom. The van der Waals surface area contributed by atoms with Gasteiger partial charge in [0.25, 0.3) is 0 Å². The van der Waals surface area contributed by atoms with E-state index in [1.54, 1.807) is 0 Å². The van der Waals surface area contributed by atoms with Crippen LogP contribution in [0.25, 0.3) is 0 Å². The maximum Gasteiger partial charge on any atom is 1.00 e. The molecule has 0 saturated heterocycles. The molecule has 0 spiro atoms. The zero-order valence-corrected chi connectivity index (χ0v) is 9.87. The van der Waals surface area contributed by atoms with Gasteiger partial charge in [0.05, 0.1) is 6.10 Å². The first kappa shape index (κ1) is 12.1. The van der Waals surface area contributed by atoms with Gasteiger partial charge in [-0.3, -0.25) is 0 Å². The third-order valence-corrected chi connectivity index (χ3v) is 1.97. The van der Waals surface area contributed by atoms with Gasteiger partial charge in [0.2, 0.25) is 0 Å². The molecular formula is C7H11KO3. The van der Waals surface area contributed by atoms with Gasteiger partial charge in [0.15, 0.2) is 0 Å². The van der Waals surface area contributed by atoms with Crippen molar-refractivity contribution in [3.63, 3.8) is 0 Å². The Hall–Kier alpha value is 1.07. The van der Waals surface area contributed by atoms with Gasteiger partial charge in [-0.2, -0.15) is 0 Å². The molecule has 1 saturated carbocycles. The summed E-state index contributed by atoms with van der Waals surface area (Å²) in [5, 5.41) is 19.1. The van der Waals surface area contributed by atoms with E-state index < -0.39 is 5.97 Å². The van der Waals surface area contributed by atoms with Gasteiger partial charge in [-0.25, -0.2) is 0 Å². The van der Waals surface area contributed by atoms with Crippen LogP contribution in [-0.2, 0) is 4.79 Å². The molecule has 1 N–H and O–H groups in total. The molecule has 1 aliphatic carbocycles. The predicted octanol–water partition coefficient (Wildman–Crippen LogP) is -3.71. The van der Waals surface area contributed by atoms with Crippen molar-refractivity contribution in [3.05, 3.63) is 0 Å². The Labute approximate surface area is 109 Å². The quantitative estimate of drug-likeness (QED) is 0.447. The predicted molar refractivity (Wildman–Crippen MR) is 33.0 cm³/mol. The summed E-state index contributed by atoms with van der Waals surface area (Å²) in [7, 11) is 0. The molecular weight excluding hydrogens is 171 g/mol. The van der Waals surface area contributed by atoms with Crippen molar-refractivity contribution in [3.8, 4) is 0 Å². The molecule has 58 valence electrons. The molecule has 0 amide bonds. The largest absolute Gasteiger partial charge is 1.00 e. The number of carbonyl (C=O) groups is 1. The van der Waals surface area contributed by atoms with Crippen LogP contribution in [0.5, 0.6) is 0 Å². The fourth-order valence-electron chi connectivity index (χ4n) is 1.47. The van der Waals surface area contributed by atoms with Gasteiger partial charge in [-0.05, 0) is 31.6 Å². The minimum atomic E-state index is -1.00. The molecule has 0 unspecified atom stereocenters. The number of carbonyl (C=O) groups excluding carboxylic acids is 1. The summed E-state index contributed by atoms with van der Waals surface area (Å²) in [5.74, 6) is -0.848. The Balaban J connectivity index is 0.000001000. The van der Waals surface area contributed by atoms with E-state index in [0.717, 1.165) is 12.8 Å². The molecule has 2 atom stereocenters. The molecule has 0 bridgehead atoms. The van der Waals surface area contributed by atoms with Crippen LogP contribution in [-0.4, -0.2) is 17.2 Å². The summed E-state index contributed by atoms with van der Waals surface area (Å²) in [4.78, 5) is 10.1. The van der Waals surface area contributed by atoms with Crippen molar-refractivity contribution in [2.45, 2.75) is 31.8 Å². The van der Waals surface area contributed by atoms with Crippen LogP contribution in [0, 0.1) is 5.92 Å². The first-order valence-electron chi connectivity index (χ1n) is 3.56. The van der Waals surface area contributed by atoms with E-state index in [2.05, 4.69) is 0 Å². The Kier molecular flexibility index (Phi) is 6.22. The van der Waals surface area contributed by atoms with Crippen molar-refractivity contribution in [1.29, 1.82) is 0 Å². The van der Waals surface area contributed by atoms with E-state index in [0.29, 0.717) is 6.42 Å². The molecule has 4 heteroatoms. The Morgan fingerprint density at radius 3 is 2.55 bits per heavy atom. The smallest absolute Gasteiger partial charge is 0.550 e. The molecule has 1 rings (SSSR count). The number of aliphatic carboxylic acids is 1. The summed E-state index contributed by atoms with van der Waals surface area (Å²) < 4.78 is 0. The van der Waals surface area contributed by atoms with Crippen LogP contribution < -0.4 is 56.5 Å². The number of hydrogen-bond donors (Lipinski definition) is 1. The van der Waals surface area contributed by atoms with Crippen LogP contribution in [0.15, 0.2) is 0 Å². The molecule has 11 heavy (non-hydrogen) atoms. The topological polar surface area (TPSA) is 60.4 Å². The molecule has 0 aliphatic heterocycles. The van der Waals surface area contributed by atoms with E-state index in [1.165, 1.54) is 0 Å². The van der Waals surface area contributed by atoms with Gasteiger partial charge < -0.3 is 15.0 Å². The van der Waals surface area contributed by atoms with Crippen LogP contribution in [0.2, 0.25) is 0 Å². The van der Waals surface area contributed by atoms with Crippen LogP contribution >= 0.6 is 0 Å². The second-order valence-corrected chi connectivity index (χ2v) is 2.91. The molecule has 0 aromatic heterocycles. The number of aliphatic hydroxyl groups is 1. The minimum absolute atomic E-state index is 0. The normalized spacial score (nSPS) is 29.5. The monoisotopic (exact) mass is 182 g/mol. The van der Waals surface area contributed by atoms with Gasteiger partial charge >= 0.3 is 51.4 Å². The Morgan fingerprint density at radius 1 is 1.55 bits per heavy atom. The average molecular weight is 182 g/mol. The van der Waals surface area contributed by atoms with E-state index in [4.69, 9.17) is 5.11 Å². The second-order valence-electron chi connectivity index (χ2n) is 2.91. The van der Waals surface area contributed by atoms with Crippen molar-refractivity contribution in [2.75, 3.05) is 0 Å². The third-order valence-electron chi connectivity index (χ3n) is 1.97. The first-order valence-corrected chi connectivity index (χ1v) is 3.56. The van der Waals surface area contributed by atoms with Crippen molar-refractivity contribution >= 4 is 5.97 Å². The van der Waals surface area contributed by atoms with E-state index >= 15 is 0 Å². The maximum atomic E-state index is 10.1. The molecule has 3 nitrogen and oxygen atoms in total. The summed E-state index contributed by atoms with van der Waals surface area (Å²) in [5.41, 5.74) is 0. The molecule has 0 aromatic rings. The number of aliphatic hydroxyl groups excluding tert-OH is 1. The van der Waals surface area contributed by atoms with Gasteiger partial charge in [0, 0.05) is 5.97 Å². The van der Waals surface area contributed by atoms with Gasteiger partial charge in [-0.1, -0.05) is 0 Å². The van der Waals surface area contributed by atoms with Crippen molar-refractivity contribution in [1.82, 2.24) is 0 Å². The summed E-state index contributed by atoms with van der Waals surface area (Å²) in [6, 6.07) is 0. The second kappa shape index (κ2) is 5.67. The van der Waals surface area contributed by atoms with E-state index in [9.17, 15) is 9.90 Å². The van der Waals surface area contributed by atoms with Crippen molar-refractivity contribution < 1.29 is 66.4 Å². The van der Waals surface area contributed by atoms with Gasteiger partial charge in [-0.15, -0.1) is 0 Å². The number of hydrogen-bond acceptors (Lipinski definition) is 3. The van der Waals surface area contributed by atoms with Crippen LogP contribution in [0.1, 0.15) is 25.7 Å². The number of rotatable bonds is 2. The van der Waals surface area contributed by atoms with E-state index in [-0.39, 0.29) is 69.8 Å². The molecule has 0 radical (unpaired) electrons. The summed E-state index contributed by atoms with van der Waals surface area (Å²) >= 11 is 0. The molecule has 0 heterocycles. The van der Waals surface area contributed by atoms with E-state index in [1.807, 2.05) is 0 Å². The first-order chi connectivity index (χ1) is 4.68. The third kappa shape index (κ3) is 4.60. The molecule has 1 fully saturated rings. The average Bonchev–Trinajstić information content (AvgIpc) is 2.13. The summed E-state index contributed by atoms with van der Waals surface area (Å²) in [6.07, 6.45) is 2.04. The molecule has 0 aromatic carbocycles. The fraction of sp³-hybridized carbons (Fsp3) is 0.857. The summed E-state index contributed by atoms with van der Waals surface area (Å²) in [6.45, 7) is 0.